The van der Waals surface area contributed by atoms with E-state index >= 15 is 0 Å². The van der Waals surface area contributed by atoms with Crippen LogP contribution in [0, 0.1) is 11.7 Å². The normalized spacial score (nSPS) is 23.0. The summed E-state index contributed by atoms with van der Waals surface area (Å²) in [6, 6.07) is 14.3. The molecule has 150 valence electrons. The van der Waals surface area contributed by atoms with E-state index in [1.165, 1.54) is 12.1 Å². The van der Waals surface area contributed by atoms with Crippen LogP contribution in [0.2, 0.25) is 0 Å². The van der Waals surface area contributed by atoms with Crippen molar-refractivity contribution in [2.45, 2.75) is 24.8 Å². The summed E-state index contributed by atoms with van der Waals surface area (Å²) >= 11 is 0. The molecule has 1 amide bonds. The van der Waals surface area contributed by atoms with Gasteiger partial charge >= 0.3 is 0 Å². The summed E-state index contributed by atoms with van der Waals surface area (Å²) in [5.41, 5.74) is 9.25. The first kappa shape index (κ1) is 18.3. The smallest absolute Gasteiger partial charge is 0.229 e. The van der Waals surface area contributed by atoms with Crippen molar-refractivity contribution in [3.63, 3.8) is 0 Å². The second-order valence-electron chi connectivity index (χ2n) is 7.90. The van der Waals surface area contributed by atoms with Crippen molar-refractivity contribution < 1.29 is 9.18 Å². The quantitative estimate of drug-likeness (QED) is 0.640. The molecule has 2 aromatic carbocycles. The lowest BCUT2D eigenvalue weighted by molar-refractivity contribution is -0.136. The Bertz CT molecular complexity index is 976. The molecule has 2 fully saturated rings. The Morgan fingerprint density at radius 1 is 1.07 bits per heavy atom. The number of carbonyl (C=O) groups excluding carboxylic acids is 1. The van der Waals surface area contributed by atoms with Gasteiger partial charge in [-0.3, -0.25) is 10.2 Å². The molecule has 2 unspecified atom stereocenters. The Labute approximate surface area is 168 Å². The summed E-state index contributed by atoms with van der Waals surface area (Å²) in [5, 5.41) is 0. The number of rotatable bonds is 3. The maximum atomic E-state index is 13.2. The van der Waals surface area contributed by atoms with Gasteiger partial charge in [-0.15, -0.1) is 0 Å². The molecular formula is C22H24FN5O. The highest BCUT2D eigenvalue weighted by atomic mass is 19.1. The molecule has 5 rings (SSSR count). The summed E-state index contributed by atoms with van der Waals surface area (Å²) in [4.78, 5) is 23.3. The second-order valence-corrected chi connectivity index (χ2v) is 7.90. The zero-order chi connectivity index (χ0) is 19.8. The molecule has 0 bridgehead atoms. The number of piperidine rings is 1. The molecule has 0 radical (unpaired) electrons. The number of aromatic nitrogens is 2. The Kier molecular flexibility index (Phi) is 4.77. The average molecular weight is 393 g/mol. The molecule has 7 heteroatoms. The minimum Gasteiger partial charge on any atom is -0.342 e. The number of aromatic amines is 1. The van der Waals surface area contributed by atoms with Crippen molar-refractivity contribution in [2.24, 2.45) is 5.92 Å². The molecule has 2 aliphatic heterocycles. The Morgan fingerprint density at radius 3 is 2.59 bits per heavy atom. The minimum absolute atomic E-state index is 0.142. The number of H-pyrrole nitrogens is 1. The number of imidazole rings is 1. The van der Waals surface area contributed by atoms with Gasteiger partial charge in [0.05, 0.1) is 23.0 Å². The summed E-state index contributed by atoms with van der Waals surface area (Å²) in [6.07, 6.45) is 1.81. The number of nitrogens with zero attached hydrogens (tertiary/aromatic N) is 2. The van der Waals surface area contributed by atoms with Crippen LogP contribution in [0.4, 0.5) is 4.39 Å². The highest BCUT2D eigenvalue weighted by Crippen LogP contribution is 2.31. The van der Waals surface area contributed by atoms with Gasteiger partial charge in [0, 0.05) is 25.6 Å². The predicted molar refractivity (Wildman–Crippen MR) is 108 cm³/mol. The van der Waals surface area contributed by atoms with Gasteiger partial charge in [0.15, 0.2) is 0 Å². The number of likely N-dealkylation sites (tertiary alicyclic amines) is 1. The largest absolute Gasteiger partial charge is 0.342 e. The molecule has 2 atom stereocenters. The molecule has 3 aromatic rings. The summed E-state index contributed by atoms with van der Waals surface area (Å²) < 4.78 is 13.2. The lowest BCUT2D eigenvalue weighted by Crippen LogP contribution is -2.43. The third-order valence-electron chi connectivity index (χ3n) is 6.13. The number of carbonyl (C=O) groups is 1. The zero-order valence-corrected chi connectivity index (χ0v) is 16.1. The molecule has 0 spiro atoms. The number of nitrogens with one attached hydrogen (secondary N) is 3. The van der Waals surface area contributed by atoms with Crippen molar-refractivity contribution in [1.82, 2.24) is 25.7 Å². The first-order chi connectivity index (χ1) is 14.2. The Balaban J connectivity index is 1.25. The zero-order valence-electron chi connectivity index (χ0n) is 16.1. The molecule has 0 aliphatic carbocycles. The van der Waals surface area contributed by atoms with E-state index in [9.17, 15) is 9.18 Å². The summed E-state index contributed by atoms with van der Waals surface area (Å²) in [7, 11) is 0. The topological polar surface area (TPSA) is 73.1 Å². The lowest BCUT2D eigenvalue weighted by atomic mass is 9.91. The van der Waals surface area contributed by atoms with E-state index in [4.69, 9.17) is 4.98 Å². The van der Waals surface area contributed by atoms with Crippen molar-refractivity contribution in [1.29, 1.82) is 0 Å². The number of hydrogen-bond acceptors (Lipinski definition) is 4. The van der Waals surface area contributed by atoms with E-state index in [-0.39, 0.29) is 23.7 Å². The number of halogens is 1. The minimum atomic E-state index is -0.268. The molecular weight excluding hydrogens is 369 g/mol. The maximum absolute atomic E-state index is 13.2. The van der Waals surface area contributed by atoms with Crippen LogP contribution in [0.1, 0.15) is 36.2 Å². The molecule has 2 aliphatic rings. The number of hydrazine groups is 1. The maximum Gasteiger partial charge on any atom is 0.229 e. The second kappa shape index (κ2) is 7.57. The lowest BCUT2D eigenvalue weighted by Gasteiger charge is -2.33. The van der Waals surface area contributed by atoms with E-state index in [1.54, 1.807) is 12.1 Å². The summed E-state index contributed by atoms with van der Waals surface area (Å²) in [6.45, 7) is 2.03. The van der Waals surface area contributed by atoms with Crippen LogP contribution >= 0.6 is 0 Å². The average Bonchev–Trinajstić information content (AvgIpc) is 3.41. The van der Waals surface area contributed by atoms with Gasteiger partial charge in [0.2, 0.25) is 5.91 Å². The highest BCUT2D eigenvalue weighted by Gasteiger charge is 2.37. The van der Waals surface area contributed by atoms with Crippen LogP contribution in [-0.2, 0) is 4.79 Å². The molecule has 6 nitrogen and oxygen atoms in total. The van der Waals surface area contributed by atoms with Crippen molar-refractivity contribution in [3.05, 3.63) is 65.7 Å². The monoisotopic (exact) mass is 393 g/mol. The number of hydrogen-bond donors (Lipinski definition) is 3. The fraction of sp³-hybridized carbons (Fsp3) is 0.364. The van der Waals surface area contributed by atoms with E-state index in [0.29, 0.717) is 12.5 Å². The van der Waals surface area contributed by atoms with Crippen molar-refractivity contribution >= 4 is 16.9 Å². The van der Waals surface area contributed by atoms with E-state index < -0.39 is 0 Å². The van der Waals surface area contributed by atoms with Crippen molar-refractivity contribution in [2.75, 3.05) is 19.6 Å². The van der Waals surface area contributed by atoms with Crippen LogP contribution < -0.4 is 10.9 Å². The third-order valence-corrected chi connectivity index (χ3v) is 6.13. The first-order valence-electron chi connectivity index (χ1n) is 10.2. The van der Waals surface area contributed by atoms with Crippen LogP contribution in [0.25, 0.3) is 11.0 Å². The van der Waals surface area contributed by atoms with Gasteiger partial charge in [-0.2, -0.15) is 0 Å². The standard InChI is InChI=1S/C22H24FN5O/c23-16-7-5-14(6-8-16)20-17(13-24-27-20)22(29)28-11-9-15(10-12-28)21-25-18-3-1-2-4-19(18)26-21/h1-8,15,17,20,24,27H,9-13H2,(H,25,26). The van der Waals surface area contributed by atoms with Gasteiger partial charge in [0.1, 0.15) is 11.6 Å². The van der Waals surface area contributed by atoms with E-state index in [0.717, 1.165) is 48.4 Å². The van der Waals surface area contributed by atoms with Crippen LogP contribution in [-0.4, -0.2) is 40.4 Å². The fourth-order valence-corrected chi connectivity index (χ4v) is 4.49. The van der Waals surface area contributed by atoms with Gasteiger partial charge in [0.25, 0.3) is 0 Å². The van der Waals surface area contributed by atoms with E-state index in [2.05, 4.69) is 15.8 Å². The van der Waals surface area contributed by atoms with Crippen LogP contribution in [0.3, 0.4) is 0 Å². The predicted octanol–water partition coefficient (Wildman–Crippen LogP) is 2.87. The van der Waals surface area contributed by atoms with Crippen LogP contribution in [0.15, 0.2) is 48.5 Å². The molecule has 3 heterocycles. The number of fused-ring (bicyclic) bond motifs is 1. The molecule has 2 saturated heterocycles. The number of para-hydroxylation sites is 2. The molecule has 29 heavy (non-hydrogen) atoms. The van der Waals surface area contributed by atoms with Gasteiger partial charge in [-0.25, -0.2) is 14.8 Å². The SMILES string of the molecule is O=C(C1CNNC1c1ccc(F)cc1)N1CCC(c2nc3ccccc3[nH]2)CC1. The molecule has 0 saturated carbocycles. The van der Waals surface area contributed by atoms with Gasteiger partial charge in [-0.1, -0.05) is 24.3 Å². The third kappa shape index (κ3) is 3.52. The first-order valence-corrected chi connectivity index (χ1v) is 10.2. The van der Waals surface area contributed by atoms with Gasteiger partial charge in [-0.05, 0) is 42.7 Å². The number of amides is 1. The van der Waals surface area contributed by atoms with Crippen molar-refractivity contribution in [3.8, 4) is 0 Å². The Hall–Kier alpha value is -2.77. The van der Waals surface area contributed by atoms with Gasteiger partial charge < -0.3 is 9.88 Å². The highest BCUT2D eigenvalue weighted by molar-refractivity contribution is 5.80. The fourth-order valence-electron chi connectivity index (χ4n) is 4.49. The molecule has 3 N–H and O–H groups in total. The Morgan fingerprint density at radius 2 is 1.83 bits per heavy atom. The molecule has 1 aromatic heterocycles. The number of benzene rings is 2. The van der Waals surface area contributed by atoms with Crippen LogP contribution in [0.5, 0.6) is 0 Å². The summed E-state index contributed by atoms with van der Waals surface area (Å²) in [5.74, 6) is 1.06. The van der Waals surface area contributed by atoms with E-state index in [1.807, 2.05) is 29.2 Å².